The lowest BCUT2D eigenvalue weighted by Gasteiger charge is -2.27. The second-order valence-electron chi connectivity index (χ2n) is 8.87. The summed E-state index contributed by atoms with van der Waals surface area (Å²) < 4.78 is 0. The molecular formula is C24H37N5O7. The number of benzene rings is 1. The topological polar surface area (TPSA) is 214 Å². The molecule has 36 heavy (non-hydrogen) atoms. The van der Waals surface area contributed by atoms with Crippen LogP contribution in [0.2, 0.25) is 0 Å². The molecule has 12 heteroatoms. The van der Waals surface area contributed by atoms with Gasteiger partial charge < -0.3 is 37.6 Å². The molecule has 12 nitrogen and oxygen atoms in total. The number of aliphatic carboxylic acids is 2. The van der Waals surface area contributed by atoms with Crippen LogP contribution >= 0.6 is 0 Å². The molecule has 0 saturated heterocycles. The minimum Gasteiger partial charge on any atom is -0.481 e. The van der Waals surface area contributed by atoms with E-state index in [0.717, 1.165) is 5.56 Å². The molecule has 3 amide bonds. The molecule has 0 fully saturated rings. The maximum absolute atomic E-state index is 13.1. The van der Waals surface area contributed by atoms with E-state index in [-0.39, 0.29) is 12.8 Å². The Labute approximate surface area is 210 Å². The maximum atomic E-state index is 13.1. The Kier molecular flexibility index (Phi) is 13.1. The van der Waals surface area contributed by atoms with Gasteiger partial charge in [-0.25, -0.2) is 4.79 Å². The lowest BCUT2D eigenvalue weighted by Crippen LogP contribution is -2.59. The summed E-state index contributed by atoms with van der Waals surface area (Å²) in [6.45, 7) is 3.72. The molecule has 0 aliphatic rings. The van der Waals surface area contributed by atoms with Crippen LogP contribution in [0.25, 0.3) is 0 Å². The van der Waals surface area contributed by atoms with E-state index in [2.05, 4.69) is 16.0 Å². The van der Waals surface area contributed by atoms with Gasteiger partial charge in [-0.1, -0.05) is 44.2 Å². The first kappa shape index (κ1) is 30.5. The van der Waals surface area contributed by atoms with E-state index in [1.807, 2.05) is 0 Å². The molecule has 0 radical (unpaired) electrons. The van der Waals surface area contributed by atoms with Gasteiger partial charge in [0.2, 0.25) is 17.7 Å². The van der Waals surface area contributed by atoms with Crippen LogP contribution in [0, 0.1) is 5.92 Å². The normalized spacial score (nSPS) is 14.2. The number of hydrogen-bond acceptors (Lipinski definition) is 7. The van der Waals surface area contributed by atoms with Gasteiger partial charge in [0.05, 0.1) is 12.5 Å². The third kappa shape index (κ3) is 10.8. The van der Waals surface area contributed by atoms with Crippen molar-refractivity contribution in [3.63, 3.8) is 0 Å². The number of nitrogens with two attached hydrogens (primary N) is 2. The number of carboxylic acid groups (broad SMARTS) is 2. The Morgan fingerprint density at radius 2 is 1.47 bits per heavy atom. The van der Waals surface area contributed by atoms with Gasteiger partial charge in [-0.15, -0.1) is 0 Å². The monoisotopic (exact) mass is 507 g/mol. The summed E-state index contributed by atoms with van der Waals surface area (Å²) in [5.41, 5.74) is 11.8. The molecule has 1 aromatic carbocycles. The molecular weight excluding hydrogens is 470 g/mol. The van der Waals surface area contributed by atoms with Gasteiger partial charge in [0.1, 0.15) is 18.1 Å². The standard InChI is InChI=1S/C24H37N5O7/c1-14(2)20(29-21(32)16(26)13-19(30)31)23(34)28-18(12-15-8-4-3-5-9-15)22(33)27-17(24(35)36)10-6-7-11-25/h3-5,8-9,14,16-18,20H,6-7,10-13,25-26H2,1-2H3,(H,27,33)(H,28,34)(H,29,32)(H,30,31)(H,35,36). The highest BCUT2D eigenvalue weighted by atomic mass is 16.4. The van der Waals surface area contributed by atoms with Crippen molar-refractivity contribution in [3.8, 4) is 0 Å². The molecule has 4 unspecified atom stereocenters. The van der Waals surface area contributed by atoms with Gasteiger partial charge in [0.15, 0.2) is 0 Å². The highest BCUT2D eigenvalue weighted by Crippen LogP contribution is 2.09. The van der Waals surface area contributed by atoms with E-state index in [4.69, 9.17) is 16.6 Å². The molecule has 1 rings (SSSR count). The number of rotatable bonds is 16. The molecule has 0 saturated carbocycles. The zero-order chi connectivity index (χ0) is 27.3. The summed E-state index contributed by atoms with van der Waals surface area (Å²) in [5, 5.41) is 25.9. The van der Waals surface area contributed by atoms with Gasteiger partial charge in [-0.3, -0.25) is 19.2 Å². The predicted molar refractivity (Wildman–Crippen MR) is 132 cm³/mol. The smallest absolute Gasteiger partial charge is 0.326 e. The average molecular weight is 508 g/mol. The lowest BCUT2D eigenvalue weighted by molar-refractivity contribution is -0.142. The van der Waals surface area contributed by atoms with Crippen LogP contribution in [-0.2, 0) is 30.4 Å². The van der Waals surface area contributed by atoms with Crippen molar-refractivity contribution in [2.45, 2.75) is 70.1 Å². The molecule has 0 aliphatic carbocycles. The molecule has 9 N–H and O–H groups in total. The Morgan fingerprint density at radius 1 is 0.861 bits per heavy atom. The van der Waals surface area contributed by atoms with Crippen LogP contribution in [-0.4, -0.2) is 70.6 Å². The van der Waals surface area contributed by atoms with Gasteiger partial charge >= 0.3 is 11.9 Å². The van der Waals surface area contributed by atoms with Crippen molar-refractivity contribution in [2.75, 3.05) is 6.54 Å². The molecule has 0 aliphatic heterocycles. The number of carbonyl (C=O) groups excluding carboxylic acids is 3. The summed E-state index contributed by atoms with van der Waals surface area (Å²) >= 11 is 0. The summed E-state index contributed by atoms with van der Waals surface area (Å²) in [5.74, 6) is -5.08. The van der Waals surface area contributed by atoms with E-state index in [9.17, 15) is 29.1 Å². The van der Waals surface area contributed by atoms with Crippen LogP contribution < -0.4 is 27.4 Å². The highest BCUT2D eigenvalue weighted by molar-refractivity contribution is 5.95. The summed E-state index contributed by atoms with van der Waals surface area (Å²) in [7, 11) is 0. The van der Waals surface area contributed by atoms with E-state index in [1.54, 1.807) is 44.2 Å². The van der Waals surface area contributed by atoms with Crippen molar-refractivity contribution in [1.82, 2.24) is 16.0 Å². The second kappa shape index (κ2) is 15.5. The van der Waals surface area contributed by atoms with E-state index < -0.39 is 66.2 Å². The first-order valence-electron chi connectivity index (χ1n) is 11.8. The Balaban J connectivity index is 3.06. The van der Waals surface area contributed by atoms with Crippen LogP contribution in [0.3, 0.4) is 0 Å². The van der Waals surface area contributed by atoms with E-state index >= 15 is 0 Å². The van der Waals surface area contributed by atoms with E-state index in [1.165, 1.54) is 0 Å². The van der Waals surface area contributed by atoms with Gasteiger partial charge in [-0.05, 0) is 37.3 Å². The van der Waals surface area contributed by atoms with Crippen LogP contribution in [0.4, 0.5) is 0 Å². The summed E-state index contributed by atoms with van der Waals surface area (Å²) in [6.07, 6.45) is 0.740. The Bertz CT molecular complexity index is 894. The van der Waals surface area contributed by atoms with Crippen LogP contribution in [0.5, 0.6) is 0 Å². The first-order valence-corrected chi connectivity index (χ1v) is 11.8. The van der Waals surface area contributed by atoms with Crippen molar-refractivity contribution >= 4 is 29.7 Å². The quantitative estimate of drug-likeness (QED) is 0.141. The van der Waals surface area contributed by atoms with Crippen LogP contribution in [0.1, 0.15) is 45.1 Å². The fourth-order valence-corrected chi connectivity index (χ4v) is 3.42. The zero-order valence-corrected chi connectivity index (χ0v) is 20.6. The highest BCUT2D eigenvalue weighted by Gasteiger charge is 2.32. The molecule has 200 valence electrons. The molecule has 0 bridgehead atoms. The molecule has 0 heterocycles. The number of hydrogen-bond donors (Lipinski definition) is 7. The number of carbonyl (C=O) groups is 5. The number of nitrogens with one attached hydrogen (secondary N) is 3. The lowest BCUT2D eigenvalue weighted by atomic mass is 10.00. The summed E-state index contributed by atoms with van der Waals surface area (Å²) in [4.78, 5) is 61.0. The average Bonchev–Trinajstić information content (AvgIpc) is 2.81. The Morgan fingerprint density at radius 3 is 2.00 bits per heavy atom. The minimum absolute atomic E-state index is 0.0742. The van der Waals surface area contributed by atoms with E-state index in [0.29, 0.717) is 19.4 Å². The molecule has 4 atom stereocenters. The SMILES string of the molecule is CC(C)C(NC(=O)C(N)CC(=O)O)C(=O)NC(Cc1ccccc1)C(=O)NC(CCCCN)C(=O)O. The van der Waals surface area contributed by atoms with Crippen LogP contribution in [0.15, 0.2) is 30.3 Å². The van der Waals surface area contributed by atoms with Crippen molar-refractivity contribution in [2.24, 2.45) is 17.4 Å². The summed E-state index contributed by atoms with van der Waals surface area (Å²) in [6, 6.07) is 4.08. The first-order chi connectivity index (χ1) is 17.0. The molecule has 0 spiro atoms. The van der Waals surface area contributed by atoms with Gasteiger partial charge in [-0.2, -0.15) is 0 Å². The second-order valence-corrected chi connectivity index (χ2v) is 8.87. The van der Waals surface area contributed by atoms with Crippen molar-refractivity contribution in [1.29, 1.82) is 0 Å². The Hall–Kier alpha value is -3.51. The fraction of sp³-hybridized carbons (Fsp3) is 0.542. The van der Waals surface area contributed by atoms with Gasteiger partial charge in [0, 0.05) is 6.42 Å². The zero-order valence-electron chi connectivity index (χ0n) is 20.6. The number of carboxylic acids is 2. The minimum atomic E-state index is -1.36. The maximum Gasteiger partial charge on any atom is 0.326 e. The van der Waals surface area contributed by atoms with Gasteiger partial charge in [0.25, 0.3) is 0 Å². The molecule has 1 aromatic rings. The largest absolute Gasteiger partial charge is 0.481 e. The number of unbranched alkanes of at least 4 members (excludes halogenated alkanes) is 1. The molecule has 0 aromatic heterocycles. The third-order valence-electron chi connectivity index (χ3n) is 5.46. The fourth-order valence-electron chi connectivity index (χ4n) is 3.42. The van der Waals surface area contributed by atoms with Crippen molar-refractivity contribution in [3.05, 3.63) is 35.9 Å². The number of amides is 3. The predicted octanol–water partition coefficient (Wildman–Crippen LogP) is -0.645. The van der Waals surface area contributed by atoms with Crippen molar-refractivity contribution < 1.29 is 34.2 Å². The third-order valence-corrected chi connectivity index (χ3v) is 5.46.